The molecule has 0 unspecified atom stereocenters. The van der Waals surface area contributed by atoms with Gasteiger partial charge in [-0.15, -0.1) is 0 Å². The van der Waals surface area contributed by atoms with Crippen LogP contribution >= 0.6 is 23.2 Å². The Hall–Kier alpha value is -1.82. The number of aromatic nitrogens is 1. The van der Waals surface area contributed by atoms with Gasteiger partial charge >= 0.3 is 0 Å². The average Bonchev–Trinajstić information content (AvgIpc) is 2.62. The summed E-state index contributed by atoms with van der Waals surface area (Å²) >= 11 is 12.5. The summed E-state index contributed by atoms with van der Waals surface area (Å²) < 4.78 is 5.54. The first-order chi connectivity index (χ1) is 12.1. The second-order valence-corrected chi connectivity index (χ2v) is 6.90. The Morgan fingerprint density at radius 3 is 2.72 bits per heavy atom. The molecule has 2 aromatic rings. The lowest BCUT2D eigenvalue weighted by molar-refractivity contribution is 0.0532. The van der Waals surface area contributed by atoms with Gasteiger partial charge in [-0.25, -0.2) is 4.98 Å². The predicted molar refractivity (Wildman–Crippen MR) is 103 cm³/mol. The summed E-state index contributed by atoms with van der Waals surface area (Å²) in [7, 11) is 0. The Bertz CT molecular complexity index is 746. The number of pyridine rings is 1. The summed E-state index contributed by atoms with van der Waals surface area (Å²) in [6, 6.07) is 11.2. The van der Waals surface area contributed by atoms with Gasteiger partial charge in [0.2, 0.25) is 0 Å². The van der Waals surface area contributed by atoms with E-state index in [2.05, 4.69) is 15.3 Å². The number of hydrogen-bond donors (Lipinski definition) is 2. The van der Waals surface area contributed by atoms with Crippen LogP contribution in [0.25, 0.3) is 0 Å². The van der Waals surface area contributed by atoms with E-state index in [1.54, 1.807) is 12.3 Å². The number of ether oxygens (including phenoxy) is 1. The van der Waals surface area contributed by atoms with Crippen molar-refractivity contribution in [3.8, 4) is 0 Å². The highest BCUT2D eigenvalue weighted by atomic mass is 35.5. The minimum Gasteiger partial charge on any atom is -0.381 e. The number of rotatable bonds is 4. The van der Waals surface area contributed by atoms with Crippen LogP contribution in [0.1, 0.15) is 18.4 Å². The number of benzene rings is 1. The van der Waals surface area contributed by atoms with Crippen molar-refractivity contribution in [2.75, 3.05) is 25.1 Å². The van der Waals surface area contributed by atoms with Gasteiger partial charge in [0.05, 0.1) is 6.54 Å². The van der Waals surface area contributed by atoms with Crippen LogP contribution in [0, 0.1) is 0 Å². The van der Waals surface area contributed by atoms with Crippen LogP contribution < -0.4 is 11.1 Å². The van der Waals surface area contributed by atoms with Crippen LogP contribution in [0.3, 0.4) is 0 Å². The topological polar surface area (TPSA) is 72.5 Å². The van der Waals surface area contributed by atoms with Crippen LogP contribution in [0.2, 0.25) is 10.0 Å². The molecule has 25 heavy (non-hydrogen) atoms. The molecule has 132 valence electrons. The van der Waals surface area contributed by atoms with Gasteiger partial charge < -0.3 is 15.8 Å². The molecule has 1 saturated heterocycles. The maximum absolute atomic E-state index is 6.47. The second-order valence-electron chi connectivity index (χ2n) is 6.06. The summed E-state index contributed by atoms with van der Waals surface area (Å²) in [5.74, 6) is 0.990. The minimum absolute atomic E-state index is 0.212. The minimum atomic E-state index is -0.212. The predicted octanol–water partition coefficient (Wildman–Crippen LogP) is 3.86. The van der Waals surface area contributed by atoms with Crippen molar-refractivity contribution >= 4 is 35.0 Å². The number of nitrogens with zero attached hydrogens (tertiary/aromatic N) is 2. The number of nitrogens with one attached hydrogen (secondary N) is 1. The summed E-state index contributed by atoms with van der Waals surface area (Å²) in [6.07, 6.45) is 3.35. The average molecular weight is 379 g/mol. The molecule has 0 aliphatic carbocycles. The van der Waals surface area contributed by atoms with Crippen LogP contribution in [0.5, 0.6) is 0 Å². The van der Waals surface area contributed by atoms with Crippen molar-refractivity contribution in [2.24, 2.45) is 10.7 Å². The monoisotopic (exact) mass is 378 g/mol. The van der Waals surface area contributed by atoms with Gasteiger partial charge in [-0.3, -0.25) is 4.99 Å². The van der Waals surface area contributed by atoms with E-state index in [4.69, 9.17) is 33.7 Å². The van der Waals surface area contributed by atoms with Gasteiger partial charge in [-0.05, 0) is 42.7 Å². The lowest BCUT2D eigenvalue weighted by Gasteiger charge is -2.37. The lowest BCUT2D eigenvalue weighted by atomic mass is 9.74. The number of anilines is 1. The highest BCUT2D eigenvalue weighted by Crippen LogP contribution is 2.39. The molecule has 0 spiro atoms. The number of nitrogens with two attached hydrogens (primary N) is 1. The van der Waals surface area contributed by atoms with Gasteiger partial charge in [-0.2, -0.15) is 0 Å². The molecule has 1 fully saturated rings. The fourth-order valence-corrected chi connectivity index (χ4v) is 3.65. The third kappa shape index (κ3) is 4.42. The van der Waals surface area contributed by atoms with Crippen molar-refractivity contribution in [3.05, 3.63) is 58.2 Å². The van der Waals surface area contributed by atoms with Gasteiger partial charge in [0.1, 0.15) is 5.82 Å². The molecule has 0 radical (unpaired) electrons. The van der Waals surface area contributed by atoms with E-state index in [9.17, 15) is 0 Å². The molecular formula is C18H20Cl2N4O. The number of aliphatic imine (C=N–C) groups is 1. The zero-order chi connectivity index (χ0) is 17.7. The summed E-state index contributed by atoms with van der Waals surface area (Å²) in [4.78, 5) is 8.74. The van der Waals surface area contributed by atoms with Crippen LogP contribution in [0.15, 0.2) is 47.6 Å². The molecule has 7 heteroatoms. The van der Waals surface area contributed by atoms with Crippen molar-refractivity contribution < 1.29 is 4.74 Å². The molecule has 0 bridgehead atoms. The van der Waals surface area contributed by atoms with Gasteiger partial charge in [-0.1, -0.05) is 35.3 Å². The standard InChI is InChI=1S/C18H20Cl2N4O/c19-13-4-5-14(15(20)11-13)18(6-9-25-10-7-18)12-23-17(21)24-16-3-1-2-8-22-16/h1-5,8,11H,6-7,9-10,12H2,(H3,21,22,23,24). The second kappa shape index (κ2) is 8.04. The van der Waals surface area contributed by atoms with Crippen LogP contribution in [-0.4, -0.2) is 30.7 Å². The number of halogens is 2. The normalized spacial score (nSPS) is 17.3. The highest BCUT2D eigenvalue weighted by molar-refractivity contribution is 6.35. The Balaban J connectivity index is 1.82. The molecule has 5 nitrogen and oxygen atoms in total. The van der Waals surface area contributed by atoms with E-state index in [0.29, 0.717) is 41.6 Å². The zero-order valence-corrected chi connectivity index (χ0v) is 15.2. The fraction of sp³-hybridized carbons (Fsp3) is 0.333. The first kappa shape index (κ1) is 18.0. The Morgan fingerprint density at radius 1 is 1.24 bits per heavy atom. The molecule has 3 rings (SSSR count). The first-order valence-electron chi connectivity index (χ1n) is 8.10. The largest absolute Gasteiger partial charge is 0.381 e. The third-order valence-corrected chi connectivity index (χ3v) is 4.97. The van der Waals surface area contributed by atoms with E-state index in [-0.39, 0.29) is 5.41 Å². The Morgan fingerprint density at radius 2 is 2.04 bits per heavy atom. The summed E-state index contributed by atoms with van der Waals surface area (Å²) in [5, 5.41) is 4.28. The number of guanidine groups is 1. The molecule has 1 aliphatic rings. The van der Waals surface area contributed by atoms with Crippen LogP contribution in [0.4, 0.5) is 5.82 Å². The molecule has 0 saturated carbocycles. The van der Waals surface area contributed by atoms with E-state index in [0.717, 1.165) is 18.4 Å². The third-order valence-electron chi connectivity index (χ3n) is 4.43. The molecule has 2 heterocycles. The molecule has 1 aromatic carbocycles. The molecule has 0 amide bonds. The van der Waals surface area contributed by atoms with E-state index in [1.807, 2.05) is 30.3 Å². The molecular weight excluding hydrogens is 359 g/mol. The van der Waals surface area contributed by atoms with Gasteiger partial charge in [0, 0.05) is 34.9 Å². The van der Waals surface area contributed by atoms with Crippen molar-refractivity contribution in [1.82, 2.24) is 4.98 Å². The molecule has 0 atom stereocenters. The first-order valence-corrected chi connectivity index (χ1v) is 8.86. The quantitative estimate of drug-likeness (QED) is 0.625. The highest BCUT2D eigenvalue weighted by Gasteiger charge is 2.36. The summed E-state index contributed by atoms with van der Waals surface area (Å²) in [5.41, 5.74) is 6.86. The van der Waals surface area contributed by atoms with E-state index >= 15 is 0 Å². The van der Waals surface area contributed by atoms with E-state index < -0.39 is 0 Å². The fourth-order valence-electron chi connectivity index (χ4n) is 3.04. The van der Waals surface area contributed by atoms with Gasteiger partial charge in [0.15, 0.2) is 5.96 Å². The molecule has 1 aliphatic heterocycles. The maximum atomic E-state index is 6.47. The van der Waals surface area contributed by atoms with Crippen molar-refractivity contribution in [2.45, 2.75) is 18.3 Å². The molecule has 3 N–H and O–H groups in total. The smallest absolute Gasteiger partial charge is 0.194 e. The molecule has 1 aromatic heterocycles. The van der Waals surface area contributed by atoms with Gasteiger partial charge in [0.25, 0.3) is 0 Å². The Kier molecular flexibility index (Phi) is 5.78. The zero-order valence-electron chi connectivity index (χ0n) is 13.7. The lowest BCUT2D eigenvalue weighted by Crippen LogP contribution is -2.38. The SMILES string of the molecule is NC(=NCC1(c2ccc(Cl)cc2Cl)CCOCC1)Nc1ccccn1. The maximum Gasteiger partial charge on any atom is 0.194 e. The Labute approximate surface area is 157 Å². The van der Waals surface area contributed by atoms with Crippen molar-refractivity contribution in [1.29, 1.82) is 0 Å². The number of hydrogen-bond acceptors (Lipinski definition) is 3. The van der Waals surface area contributed by atoms with Crippen molar-refractivity contribution in [3.63, 3.8) is 0 Å². The van der Waals surface area contributed by atoms with E-state index in [1.165, 1.54) is 0 Å². The summed E-state index contributed by atoms with van der Waals surface area (Å²) in [6.45, 7) is 1.85. The van der Waals surface area contributed by atoms with Crippen LogP contribution in [-0.2, 0) is 10.2 Å².